The van der Waals surface area contributed by atoms with Crippen molar-refractivity contribution < 1.29 is 4.42 Å². The van der Waals surface area contributed by atoms with Crippen molar-refractivity contribution in [2.75, 3.05) is 0 Å². The van der Waals surface area contributed by atoms with Crippen LogP contribution in [0.25, 0.3) is 0 Å². The second-order valence-corrected chi connectivity index (χ2v) is 1.12. The van der Waals surface area contributed by atoms with Gasteiger partial charge in [-0.1, -0.05) is 6.07 Å². The van der Waals surface area contributed by atoms with Gasteiger partial charge in [0.2, 0.25) is 0 Å². The first-order chi connectivity index (χ1) is 3.39. The molecule has 0 atom stereocenters. The van der Waals surface area contributed by atoms with E-state index in [4.69, 9.17) is 0 Å². The molecule has 0 bridgehead atoms. The third-order valence-electron chi connectivity index (χ3n) is 0.606. The fraction of sp³-hybridized carbons (Fsp3) is 0. The molecule has 0 spiro atoms. The summed E-state index contributed by atoms with van der Waals surface area (Å²) in [6.07, 6.45) is 1.35. The number of hydrogen-bond donors (Lipinski definition) is 0. The van der Waals surface area contributed by atoms with Gasteiger partial charge in [-0.15, -0.1) is 24.0 Å². The van der Waals surface area contributed by atoms with Crippen LogP contribution in [0.2, 0.25) is 0 Å². The van der Waals surface area contributed by atoms with E-state index in [1.165, 1.54) is 12.3 Å². The zero-order valence-electron chi connectivity index (χ0n) is 4.03. The molecule has 44 valence electrons. The molecular formula is C5H5IO2. The molecule has 0 aliphatic carbocycles. The monoisotopic (exact) mass is 224 g/mol. The van der Waals surface area contributed by atoms with Gasteiger partial charge in [-0.25, -0.2) is 4.79 Å². The van der Waals surface area contributed by atoms with Crippen LogP contribution in [0.1, 0.15) is 0 Å². The summed E-state index contributed by atoms with van der Waals surface area (Å²) in [6, 6.07) is 4.65. The summed E-state index contributed by atoms with van der Waals surface area (Å²) in [5, 5.41) is 0. The summed E-state index contributed by atoms with van der Waals surface area (Å²) < 4.78 is 4.37. The van der Waals surface area contributed by atoms with E-state index in [1.807, 2.05) is 0 Å². The molecule has 0 amide bonds. The van der Waals surface area contributed by atoms with E-state index >= 15 is 0 Å². The van der Waals surface area contributed by atoms with E-state index in [1.54, 1.807) is 12.1 Å². The van der Waals surface area contributed by atoms with Crippen LogP contribution in [0.3, 0.4) is 0 Å². The average molecular weight is 224 g/mol. The summed E-state index contributed by atoms with van der Waals surface area (Å²) in [5.74, 6) is 0. The van der Waals surface area contributed by atoms with E-state index in [0.29, 0.717) is 0 Å². The van der Waals surface area contributed by atoms with Gasteiger partial charge in [-0.2, -0.15) is 0 Å². The Morgan fingerprint density at radius 3 is 2.38 bits per heavy atom. The van der Waals surface area contributed by atoms with Crippen molar-refractivity contribution in [1.29, 1.82) is 0 Å². The number of halogens is 1. The van der Waals surface area contributed by atoms with Crippen LogP contribution < -0.4 is 5.63 Å². The Balaban J connectivity index is 0.000000490. The fourth-order valence-electron chi connectivity index (χ4n) is 0.325. The molecule has 1 rings (SSSR count). The van der Waals surface area contributed by atoms with Crippen molar-refractivity contribution in [2.45, 2.75) is 0 Å². The van der Waals surface area contributed by atoms with Gasteiger partial charge < -0.3 is 4.42 Å². The lowest BCUT2D eigenvalue weighted by Crippen LogP contribution is -1.90. The molecule has 0 aliphatic rings. The average Bonchev–Trinajstić information content (AvgIpc) is 1.69. The molecular weight excluding hydrogens is 219 g/mol. The molecule has 0 unspecified atom stereocenters. The van der Waals surface area contributed by atoms with Crippen LogP contribution in [0.4, 0.5) is 0 Å². The molecule has 2 nitrogen and oxygen atoms in total. The van der Waals surface area contributed by atoms with E-state index in [2.05, 4.69) is 4.42 Å². The highest BCUT2D eigenvalue weighted by atomic mass is 127. The molecule has 0 saturated heterocycles. The summed E-state index contributed by atoms with van der Waals surface area (Å²) in [5.41, 5.74) is -0.303. The van der Waals surface area contributed by atoms with Crippen LogP contribution in [0, 0.1) is 0 Å². The Morgan fingerprint density at radius 2 is 2.12 bits per heavy atom. The second kappa shape index (κ2) is 3.65. The SMILES string of the molecule is I.O=c1cccco1. The Kier molecular flexibility index (Phi) is 3.51. The van der Waals surface area contributed by atoms with E-state index in [0.717, 1.165) is 0 Å². The number of rotatable bonds is 0. The summed E-state index contributed by atoms with van der Waals surface area (Å²) in [6.45, 7) is 0. The highest BCUT2D eigenvalue weighted by Gasteiger charge is 1.72. The third-order valence-corrected chi connectivity index (χ3v) is 0.606. The molecule has 0 aliphatic heterocycles. The highest BCUT2D eigenvalue weighted by molar-refractivity contribution is 14.0. The van der Waals surface area contributed by atoms with Crippen LogP contribution >= 0.6 is 24.0 Å². The quantitative estimate of drug-likeness (QED) is 0.621. The van der Waals surface area contributed by atoms with Crippen molar-refractivity contribution in [3.05, 3.63) is 34.9 Å². The maximum absolute atomic E-state index is 10.1. The van der Waals surface area contributed by atoms with Crippen LogP contribution in [-0.2, 0) is 0 Å². The molecule has 0 saturated carbocycles. The lowest BCUT2D eigenvalue weighted by Gasteiger charge is -1.72. The predicted molar refractivity (Wildman–Crippen MR) is 40.4 cm³/mol. The van der Waals surface area contributed by atoms with Gasteiger partial charge in [0.25, 0.3) is 0 Å². The Bertz CT molecular complexity index is 176. The van der Waals surface area contributed by atoms with Gasteiger partial charge in [-0.3, -0.25) is 0 Å². The lowest BCUT2D eigenvalue weighted by molar-refractivity contribution is 0.511. The largest absolute Gasteiger partial charge is 0.431 e. The fourth-order valence-corrected chi connectivity index (χ4v) is 0.325. The van der Waals surface area contributed by atoms with Gasteiger partial charge in [0.15, 0.2) is 0 Å². The predicted octanol–water partition coefficient (Wildman–Crippen LogP) is 1.26. The van der Waals surface area contributed by atoms with Crippen LogP contribution in [0.5, 0.6) is 0 Å². The van der Waals surface area contributed by atoms with Crippen LogP contribution in [-0.4, -0.2) is 0 Å². The van der Waals surface area contributed by atoms with Crippen molar-refractivity contribution in [3.63, 3.8) is 0 Å². The zero-order chi connectivity index (χ0) is 5.11. The maximum atomic E-state index is 10.1. The Labute approximate surface area is 63.5 Å². The van der Waals surface area contributed by atoms with Crippen LogP contribution in [0.15, 0.2) is 33.7 Å². The number of hydrogen-bond acceptors (Lipinski definition) is 2. The first kappa shape index (κ1) is 7.68. The van der Waals surface area contributed by atoms with Gasteiger partial charge in [-0.05, 0) is 6.07 Å². The molecule has 3 heteroatoms. The highest BCUT2D eigenvalue weighted by Crippen LogP contribution is 1.72. The van der Waals surface area contributed by atoms with Gasteiger partial charge >= 0.3 is 5.63 Å². The summed E-state index contributed by atoms with van der Waals surface area (Å²) in [4.78, 5) is 10.1. The van der Waals surface area contributed by atoms with Crippen molar-refractivity contribution in [3.8, 4) is 0 Å². The smallest absolute Gasteiger partial charge is 0.335 e. The van der Waals surface area contributed by atoms with E-state index < -0.39 is 0 Å². The van der Waals surface area contributed by atoms with Gasteiger partial charge in [0.05, 0.1) is 6.26 Å². The minimum atomic E-state index is -0.303. The minimum Gasteiger partial charge on any atom is -0.431 e. The standard InChI is InChI=1S/C5H4O2.HI/c6-5-3-1-2-4-7-5;/h1-4H;1H. The van der Waals surface area contributed by atoms with E-state index in [-0.39, 0.29) is 29.6 Å². The molecule has 0 fully saturated rings. The van der Waals surface area contributed by atoms with E-state index in [9.17, 15) is 4.79 Å². The van der Waals surface area contributed by atoms with Crippen molar-refractivity contribution >= 4 is 24.0 Å². The lowest BCUT2D eigenvalue weighted by atomic mass is 10.5. The van der Waals surface area contributed by atoms with Gasteiger partial charge in [0, 0.05) is 6.07 Å². The van der Waals surface area contributed by atoms with Crippen molar-refractivity contribution in [1.82, 2.24) is 0 Å². The topological polar surface area (TPSA) is 30.2 Å². The molecule has 8 heavy (non-hydrogen) atoms. The summed E-state index contributed by atoms with van der Waals surface area (Å²) >= 11 is 0. The Morgan fingerprint density at radius 1 is 1.38 bits per heavy atom. The molecule has 1 heterocycles. The molecule has 1 aromatic heterocycles. The molecule has 0 aromatic carbocycles. The first-order valence-electron chi connectivity index (χ1n) is 1.93. The van der Waals surface area contributed by atoms with Gasteiger partial charge in [0.1, 0.15) is 0 Å². The first-order valence-corrected chi connectivity index (χ1v) is 1.93. The third kappa shape index (κ3) is 2.11. The molecule has 0 radical (unpaired) electrons. The maximum Gasteiger partial charge on any atom is 0.335 e. The Hall–Kier alpha value is -0.320. The normalized spacial score (nSPS) is 7.50. The molecule has 0 N–H and O–H groups in total. The van der Waals surface area contributed by atoms with Crippen molar-refractivity contribution in [2.24, 2.45) is 0 Å². The zero-order valence-corrected chi connectivity index (χ0v) is 6.36. The summed E-state index contributed by atoms with van der Waals surface area (Å²) in [7, 11) is 0. The molecule has 1 aromatic rings. The second-order valence-electron chi connectivity index (χ2n) is 1.12. The minimum absolute atomic E-state index is 0.